The molecular formula is C50H67BrN2O12S2. The molecule has 0 spiro atoms. The Kier molecular flexibility index (Phi) is 18.9. The quantitative estimate of drug-likeness (QED) is 0.106. The maximum Gasteiger partial charge on any atom is 0.332 e. The molecule has 2 aliphatic heterocycles. The van der Waals surface area contributed by atoms with E-state index < -0.39 is 43.7 Å². The van der Waals surface area contributed by atoms with E-state index in [1.165, 1.54) is 8.61 Å². The van der Waals surface area contributed by atoms with Crippen LogP contribution in [0, 0.1) is 27.7 Å². The largest absolute Gasteiger partial charge is 0.497 e. The number of aliphatic hydroxyl groups is 1. The molecule has 2 atom stereocenters. The number of esters is 2. The molecule has 0 fully saturated rings. The second-order valence-corrected chi connectivity index (χ2v) is 22.5. The number of sulfonamides is 2. The number of halogens is 1. The summed E-state index contributed by atoms with van der Waals surface area (Å²) in [5.41, 5.74) is 4.79. The van der Waals surface area contributed by atoms with Crippen molar-refractivity contribution in [1.29, 1.82) is 0 Å². The van der Waals surface area contributed by atoms with Gasteiger partial charge in [-0.3, -0.25) is 13.4 Å². The first-order chi connectivity index (χ1) is 31.3. The Morgan fingerprint density at radius 3 is 1.37 bits per heavy atom. The van der Waals surface area contributed by atoms with Crippen LogP contribution < -0.4 is 18.1 Å². The van der Waals surface area contributed by atoms with E-state index in [2.05, 4.69) is 15.9 Å². The van der Waals surface area contributed by atoms with Crippen LogP contribution in [0.25, 0.3) is 0 Å². The normalized spacial score (nSPS) is 16.0. The lowest BCUT2D eigenvalue weighted by Gasteiger charge is -2.38. The lowest BCUT2D eigenvalue weighted by Crippen LogP contribution is -2.46. The van der Waals surface area contributed by atoms with E-state index in [1.807, 2.05) is 69.3 Å². The Morgan fingerprint density at radius 2 is 1.01 bits per heavy atom. The zero-order chi connectivity index (χ0) is 50.1. The summed E-state index contributed by atoms with van der Waals surface area (Å²) in [4.78, 5) is 23.2. The summed E-state index contributed by atoms with van der Waals surface area (Å²) in [7, 11) is -4.60. The molecule has 368 valence electrons. The molecule has 1 N–H and O–H groups in total. The van der Waals surface area contributed by atoms with Gasteiger partial charge in [-0.15, -0.1) is 0 Å². The molecule has 0 aromatic heterocycles. The van der Waals surface area contributed by atoms with Gasteiger partial charge < -0.3 is 28.8 Å². The second kappa shape index (κ2) is 23.1. The average Bonchev–Trinajstić information content (AvgIpc) is 3.24. The van der Waals surface area contributed by atoms with E-state index in [9.17, 15) is 31.5 Å². The van der Waals surface area contributed by atoms with E-state index in [-0.39, 0.29) is 46.5 Å². The minimum absolute atomic E-state index is 0.0844. The van der Waals surface area contributed by atoms with Crippen molar-refractivity contribution in [2.75, 3.05) is 48.0 Å². The number of hydrogen-bond acceptors (Lipinski definition) is 12. The highest BCUT2D eigenvalue weighted by atomic mass is 79.9. The van der Waals surface area contributed by atoms with Crippen LogP contribution in [0.2, 0.25) is 0 Å². The van der Waals surface area contributed by atoms with Crippen molar-refractivity contribution in [3.63, 3.8) is 0 Å². The minimum atomic E-state index is -3.91. The number of hydrogen-bond donors (Lipinski definition) is 1. The number of alkyl halides is 1. The molecule has 0 radical (unpaired) electrons. The van der Waals surface area contributed by atoms with Gasteiger partial charge in [-0.25, -0.2) is 21.6 Å². The van der Waals surface area contributed by atoms with E-state index >= 15 is 0 Å². The number of aliphatic hydroxyl groups excluding tert-OH is 1. The van der Waals surface area contributed by atoms with Crippen molar-refractivity contribution in [2.24, 2.45) is 0 Å². The van der Waals surface area contributed by atoms with E-state index in [4.69, 9.17) is 23.7 Å². The lowest BCUT2D eigenvalue weighted by atomic mass is 9.98. The number of aryl methyl sites for hydroxylation is 6. The number of carbonyl (C=O) groups is 2. The molecule has 0 amide bonds. The van der Waals surface area contributed by atoms with Crippen LogP contribution in [-0.2, 0) is 56.7 Å². The van der Waals surface area contributed by atoms with Gasteiger partial charge in [0.25, 0.3) is 20.0 Å². The number of carbonyl (C=O) groups excluding carboxylic acids is 2. The minimum Gasteiger partial charge on any atom is -0.497 e. The van der Waals surface area contributed by atoms with Crippen molar-refractivity contribution in [1.82, 2.24) is 0 Å². The molecule has 67 heavy (non-hydrogen) atoms. The number of fused-ring (bicyclic) bond motifs is 2. The Bertz CT molecular complexity index is 2540. The SMILES string of the molecule is CC(C)(C)OC(=O)CBr.COc1cc(C)c(S(=O)(=O)N2c3ccccc3CCC2CO)c(C)c1.COc1cc(C)c(S(=O)(=O)N2c3ccccc3CCC2COCC(=O)OC(C)(C)C)c(C)c1. The van der Waals surface area contributed by atoms with Gasteiger partial charge in [-0.05, 0) is 165 Å². The summed E-state index contributed by atoms with van der Waals surface area (Å²) < 4.78 is 84.4. The highest BCUT2D eigenvalue weighted by molar-refractivity contribution is 9.09. The summed E-state index contributed by atoms with van der Waals surface area (Å²) in [6, 6.07) is 21.0. The van der Waals surface area contributed by atoms with Crippen LogP contribution in [0.5, 0.6) is 11.5 Å². The number of methoxy groups -OCH3 is 2. The summed E-state index contributed by atoms with van der Waals surface area (Å²) in [5, 5.41) is 10.1. The Hall–Kier alpha value is -4.68. The molecule has 2 unspecified atom stereocenters. The number of nitrogens with zero attached hydrogens (tertiary/aromatic N) is 2. The van der Waals surface area contributed by atoms with Crippen LogP contribution in [0.1, 0.15) is 87.8 Å². The first-order valence-corrected chi connectivity index (χ1v) is 26.0. The van der Waals surface area contributed by atoms with Crippen molar-refractivity contribution in [2.45, 2.75) is 128 Å². The summed E-state index contributed by atoms with van der Waals surface area (Å²) in [6.07, 6.45) is 2.66. The molecule has 6 rings (SSSR count). The maximum atomic E-state index is 14.0. The fraction of sp³-hybridized carbons (Fsp3) is 0.480. The van der Waals surface area contributed by atoms with Crippen molar-refractivity contribution < 1.29 is 55.2 Å². The topological polar surface area (TPSA) is 175 Å². The van der Waals surface area contributed by atoms with Crippen LogP contribution >= 0.6 is 15.9 Å². The van der Waals surface area contributed by atoms with Gasteiger partial charge in [0.2, 0.25) is 0 Å². The first kappa shape index (κ1) is 54.9. The lowest BCUT2D eigenvalue weighted by molar-refractivity contribution is -0.160. The second-order valence-electron chi connectivity index (χ2n) is 18.4. The van der Waals surface area contributed by atoms with E-state index in [1.54, 1.807) is 87.0 Å². The number of para-hydroxylation sites is 2. The highest BCUT2D eigenvalue weighted by Gasteiger charge is 2.39. The molecule has 2 aliphatic rings. The molecule has 14 nitrogen and oxygen atoms in total. The van der Waals surface area contributed by atoms with E-state index in [0.717, 1.165) is 24.0 Å². The number of ether oxygens (including phenoxy) is 5. The number of anilines is 2. The fourth-order valence-corrected chi connectivity index (χ4v) is 12.6. The van der Waals surface area contributed by atoms with Gasteiger partial charge >= 0.3 is 11.9 Å². The molecule has 0 aliphatic carbocycles. The van der Waals surface area contributed by atoms with Gasteiger partial charge in [-0.2, -0.15) is 0 Å². The third kappa shape index (κ3) is 14.2. The summed E-state index contributed by atoms with van der Waals surface area (Å²) in [5.74, 6) is 0.546. The molecule has 4 aromatic rings. The molecule has 17 heteroatoms. The third-order valence-electron chi connectivity index (χ3n) is 10.7. The van der Waals surface area contributed by atoms with Gasteiger partial charge in [0.05, 0.1) is 60.7 Å². The molecule has 0 saturated carbocycles. The molecule has 0 bridgehead atoms. The molecule has 0 saturated heterocycles. The predicted molar refractivity (Wildman–Crippen MR) is 265 cm³/mol. The maximum absolute atomic E-state index is 14.0. The summed E-state index contributed by atoms with van der Waals surface area (Å²) >= 11 is 2.99. The molecule has 2 heterocycles. The van der Waals surface area contributed by atoms with Crippen LogP contribution in [-0.4, -0.2) is 96.5 Å². The smallest absolute Gasteiger partial charge is 0.332 e. The summed E-state index contributed by atoms with van der Waals surface area (Å²) in [6.45, 7) is 17.6. The van der Waals surface area contributed by atoms with Gasteiger partial charge in [0, 0.05) is 0 Å². The number of rotatable bonds is 12. The van der Waals surface area contributed by atoms with E-state index in [0.29, 0.717) is 58.0 Å². The van der Waals surface area contributed by atoms with Crippen molar-refractivity contribution in [3.8, 4) is 11.5 Å². The molecular weight excluding hydrogens is 965 g/mol. The average molecular weight is 1030 g/mol. The fourth-order valence-electron chi connectivity index (χ4n) is 8.20. The van der Waals surface area contributed by atoms with Crippen molar-refractivity contribution >= 4 is 59.3 Å². The Labute approximate surface area is 406 Å². The predicted octanol–water partition coefficient (Wildman–Crippen LogP) is 8.72. The van der Waals surface area contributed by atoms with Crippen LogP contribution in [0.15, 0.2) is 82.6 Å². The first-order valence-electron chi connectivity index (χ1n) is 22.0. The van der Waals surface area contributed by atoms with Gasteiger partial charge in [0.15, 0.2) is 0 Å². The Balaban J connectivity index is 0.000000253. The number of benzene rings is 4. The highest BCUT2D eigenvalue weighted by Crippen LogP contribution is 2.40. The Morgan fingerprint density at radius 1 is 0.642 bits per heavy atom. The standard InChI is InChI=1S/C25H33NO6S.C19H23NO4S.C6H11BrO2/c1-17-13-21(30-6)14-18(2)24(17)33(28,29)26-20(12-11-19-9-7-8-10-22(19)26)15-31-16-23(27)32-25(3,4)5;1-13-10-17(24-3)11-14(2)19(13)25(22,23)20-16(12-21)9-8-15-6-4-5-7-18(15)20;1-6(2,3)9-5(8)4-7/h7-10,13-14,20H,11-12,15-16H2,1-6H3;4-7,10-11,16,21H,8-9,12H2,1-3H3;4H2,1-3H3. The molecule has 4 aromatic carbocycles. The van der Waals surface area contributed by atoms with Gasteiger partial charge in [0.1, 0.15) is 34.6 Å². The monoisotopic (exact) mass is 1030 g/mol. The zero-order valence-corrected chi connectivity index (χ0v) is 44.0. The zero-order valence-electron chi connectivity index (χ0n) is 40.8. The van der Waals surface area contributed by atoms with Gasteiger partial charge in [-0.1, -0.05) is 52.3 Å². The van der Waals surface area contributed by atoms with Crippen molar-refractivity contribution in [3.05, 3.63) is 106 Å². The third-order valence-corrected chi connectivity index (χ3v) is 15.5. The van der Waals surface area contributed by atoms with Crippen LogP contribution in [0.3, 0.4) is 0 Å². The van der Waals surface area contributed by atoms with Crippen LogP contribution in [0.4, 0.5) is 11.4 Å².